The van der Waals surface area contributed by atoms with Crippen LogP contribution in [-0.2, 0) is 0 Å². The predicted molar refractivity (Wildman–Crippen MR) is 71.6 cm³/mol. The molecule has 0 bridgehead atoms. The minimum absolute atomic E-state index is 1.42. The van der Waals surface area contributed by atoms with Crippen LogP contribution in [0.3, 0.4) is 0 Å². The summed E-state index contributed by atoms with van der Waals surface area (Å²) in [6.45, 7) is 0. The molecule has 0 aromatic rings. The van der Waals surface area contributed by atoms with Crippen molar-refractivity contribution in [2.45, 2.75) is 29.6 Å². The van der Waals surface area contributed by atoms with Crippen molar-refractivity contribution in [3.8, 4) is 0 Å². The topological polar surface area (TPSA) is 0 Å². The molecular formula is C8H22S2Sn2. The maximum absolute atomic E-state index is 2.50. The summed E-state index contributed by atoms with van der Waals surface area (Å²) in [6.07, 6.45) is 0. The molecule has 0 aliphatic carbocycles. The van der Waals surface area contributed by atoms with E-state index in [0.29, 0.717) is 0 Å². The zero-order chi connectivity index (χ0) is 9.83. The molecule has 0 nitrogen and oxygen atoms in total. The van der Waals surface area contributed by atoms with Gasteiger partial charge in [-0.25, -0.2) is 0 Å². The van der Waals surface area contributed by atoms with Gasteiger partial charge in [0.05, 0.1) is 0 Å². The molecule has 4 heteroatoms. The number of hydrogen-bond acceptors (Lipinski definition) is 2. The predicted octanol–water partition coefficient (Wildman–Crippen LogP) is 4.12. The van der Waals surface area contributed by atoms with Gasteiger partial charge < -0.3 is 0 Å². The van der Waals surface area contributed by atoms with Crippen molar-refractivity contribution >= 4 is 51.9 Å². The van der Waals surface area contributed by atoms with Crippen LogP contribution in [0, 0.1) is 0 Å². The van der Waals surface area contributed by atoms with E-state index >= 15 is 0 Å². The first-order valence-electron chi connectivity index (χ1n) is 4.49. The Hall–Kier alpha value is 2.30. The van der Waals surface area contributed by atoms with E-state index in [1.54, 1.807) is 0 Å². The summed E-state index contributed by atoms with van der Waals surface area (Å²) in [5, 5.41) is 0. The van der Waals surface area contributed by atoms with Crippen molar-refractivity contribution in [2.24, 2.45) is 0 Å². The maximum atomic E-state index is 2.50. The van der Waals surface area contributed by atoms with Gasteiger partial charge in [-0.05, 0) is 0 Å². The second-order valence-electron chi connectivity index (χ2n) is 4.92. The van der Waals surface area contributed by atoms with Gasteiger partial charge in [0.15, 0.2) is 0 Å². The van der Waals surface area contributed by atoms with E-state index in [4.69, 9.17) is 0 Å². The van der Waals surface area contributed by atoms with Gasteiger partial charge >= 0.3 is 93.0 Å². The van der Waals surface area contributed by atoms with Gasteiger partial charge in [0, 0.05) is 0 Å². The Labute approximate surface area is 91.7 Å². The van der Waals surface area contributed by atoms with Crippen LogP contribution in [0.15, 0.2) is 0 Å². The second kappa shape index (κ2) is 6.01. The molecule has 0 aromatic carbocycles. The van der Waals surface area contributed by atoms with Crippen LogP contribution in [0.4, 0.5) is 0 Å². The third-order valence-electron chi connectivity index (χ3n) is 1.15. The average Bonchev–Trinajstić information content (AvgIpc) is 1.76. The third kappa shape index (κ3) is 12.3. The van der Waals surface area contributed by atoms with E-state index < -0.39 is 34.0 Å². The Balaban J connectivity index is 3.35. The summed E-state index contributed by atoms with van der Waals surface area (Å²) in [6, 6.07) is 0. The Kier molecular flexibility index (Phi) is 7.16. The molecule has 12 heavy (non-hydrogen) atoms. The summed E-state index contributed by atoms with van der Waals surface area (Å²) >= 11 is -2.96. The molecule has 0 fully saturated rings. The average molecular weight is 420 g/mol. The van der Waals surface area contributed by atoms with Crippen molar-refractivity contribution in [2.75, 3.05) is 11.5 Å². The monoisotopic (exact) mass is 422 g/mol. The van der Waals surface area contributed by atoms with E-state index in [9.17, 15) is 0 Å². The van der Waals surface area contributed by atoms with Gasteiger partial charge in [0.25, 0.3) is 0 Å². The third-order valence-corrected chi connectivity index (χ3v) is 22.3. The van der Waals surface area contributed by atoms with Crippen LogP contribution < -0.4 is 0 Å². The standard InChI is InChI=1S/C2H6S2.6CH3.2Sn/c3-1-2-4;;;;;;;;/h3-4H,1-2H2;6*1H3;;/q;;;;;;;2*+1/p-2. The molecule has 0 saturated carbocycles. The van der Waals surface area contributed by atoms with Crippen LogP contribution >= 0.6 is 17.9 Å². The molecular weight excluding hydrogens is 398 g/mol. The van der Waals surface area contributed by atoms with Gasteiger partial charge in [-0.2, -0.15) is 0 Å². The summed E-state index contributed by atoms with van der Waals surface area (Å²) in [4.78, 5) is 15.0. The second-order valence-corrected chi connectivity index (χ2v) is 51.8. The van der Waals surface area contributed by atoms with Gasteiger partial charge in [-0.1, -0.05) is 0 Å². The first-order chi connectivity index (χ1) is 5.21. The molecule has 0 N–H and O–H groups in total. The normalized spacial score (nSPS) is 13.5. The van der Waals surface area contributed by atoms with Crippen LogP contribution in [0.25, 0.3) is 0 Å². The van der Waals surface area contributed by atoms with Crippen LogP contribution in [0.1, 0.15) is 0 Å². The van der Waals surface area contributed by atoms with Crippen molar-refractivity contribution in [1.29, 1.82) is 0 Å². The van der Waals surface area contributed by atoms with E-state index in [1.165, 1.54) is 11.5 Å². The Bertz CT molecular complexity index is 108. The molecule has 74 valence electrons. The van der Waals surface area contributed by atoms with Gasteiger partial charge in [0.1, 0.15) is 0 Å². The Morgan fingerprint density at radius 1 is 0.667 bits per heavy atom. The van der Waals surface area contributed by atoms with E-state index in [-0.39, 0.29) is 0 Å². The summed E-state index contributed by atoms with van der Waals surface area (Å²) < 4.78 is 0. The molecule has 0 amide bonds. The molecule has 0 atom stereocenters. The van der Waals surface area contributed by atoms with Crippen molar-refractivity contribution in [1.82, 2.24) is 0 Å². The van der Waals surface area contributed by atoms with Gasteiger partial charge in [0.2, 0.25) is 0 Å². The zero-order valence-corrected chi connectivity index (χ0v) is 16.6. The fourth-order valence-electron chi connectivity index (χ4n) is 0.696. The van der Waals surface area contributed by atoms with E-state index in [0.717, 1.165) is 0 Å². The quantitative estimate of drug-likeness (QED) is 0.485. The number of hydrogen-bond donors (Lipinski definition) is 0. The summed E-state index contributed by atoms with van der Waals surface area (Å²) in [7, 11) is 4.59. The van der Waals surface area contributed by atoms with Crippen LogP contribution in [-0.4, -0.2) is 45.5 Å². The molecule has 0 saturated heterocycles. The molecule has 0 heterocycles. The molecule has 0 aliphatic heterocycles. The van der Waals surface area contributed by atoms with Crippen LogP contribution in [0.2, 0.25) is 29.6 Å². The van der Waals surface area contributed by atoms with Crippen LogP contribution in [0.5, 0.6) is 0 Å². The first kappa shape index (κ1) is 14.3. The summed E-state index contributed by atoms with van der Waals surface area (Å²) in [5.41, 5.74) is 0. The zero-order valence-electron chi connectivity index (χ0n) is 9.23. The van der Waals surface area contributed by atoms with Crippen molar-refractivity contribution in [3.63, 3.8) is 0 Å². The number of rotatable bonds is 5. The fraction of sp³-hybridized carbons (Fsp3) is 1.00. The first-order valence-corrected chi connectivity index (χ1v) is 30.6. The van der Waals surface area contributed by atoms with Gasteiger partial charge in [-0.15, -0.1) is 0 Å². The molecule has 0 spiro atoms. The Morgan fingerprint density at radius 3 is 1.08 bits per heavy atom. The van der Waals surface area contributed by atoms with Crippen molar-refractivity contribution < 1.29 is 0 Å². The fourth-order valence-corrected chi connectivity index (χ4v) is 17.4. The molecule has 0 radical (unpaired) electrons. The summed E-state index contributed by atoms with van der Waals surface area (Å²) in [5.74, 6) is 2.83. The van der Waals surface area contributed by atoms with E-state index in [1.807, 2.05) is 0 Å². The molecule has 0 rings (SSSR count). The molecule has 0 unspecified atom stereocenters. The van der Waals surface area contributed by atoms with Gasteiger partial charge in [-0.3, -0.25) is 0 Å². The molecule has 0 aromatic heterocycles. The molecule has 0 aliphatic rings. The van der Waals surface area contributed by atoms with E-state index in [2.05, 4.69) is 47.5 Å². The SMILES string of the molecule is [CH3][Sn]([CH3])([CH3])[S]CC[S][Sn]([CH3])([CH3])[CH3]. The minimum atomic E-state index is -1.48. The van der Waals surface area contributed by atoms with Crippen molar-refractivity contribution in [3.05, 3.63) is 0 Å². The Morgan fingerprint density at radius 2 is 0.917 bits per heavy atom.